The molecule has 0 amide bonds. The molecule has 0 fully saturated rings. The highest BCUT2D eigenvalue weighted by atomic mass is 32.2. The monoisotopic (exact) mass is 231 g/mol. The summed E-state index contributed by atoms with van der Waals surface area (Å²) in [6.07, 6.45) is -12.3. The molecule has 0 aliphatic rings. The summed E-state index contributed by atoms with van der Waals surface area (Å²) in [5.74, 6) is 0. The Kier molecular flexibility index (Phi) is 2.89. The van der Waals surface area contributed by atoms with Gasteiger partial charge in [0.25, 0.3) is 5.25 Å². The van der Waals surface area contributed by atoms with E-state index >= 15 is 0 Å². The van der Waals surface area contributed by atoms with Crippen LogP contribution in [0.15, 0.2) is 0 Å². The lowest BCUT2D eigenvalue weighted by molar-refractivity contribution is -0.227. The van der Waals surface area contributed by atoms with Crippen molar-refractivity contribution in [1.82, 2.24) is 0 Å². The molecular formula is C3HF6O3S. The number of halogens is 6. The van der Waals surface area contributed by atoms with Crippen LogP contribution in [0.3, 0.4) is 0 Å². The molecule has 0 aliphatic heterocycles. The number of hydrogen-bond donors (Lipinski definition) is 0. The van der Waals surface area contributed by atoms with Gasteiger partial charge in [-0.2, -0.15) is 34.8 Å². The molecule has 0 heterocycles. The molecule has 0 N–H and O–H groups in total. The van der Waals surface area contributed by atoms with E-state index in [4.69, 9.17) is 0 Å². The van der Waals surface area contributed by atoms with E-state index in [1.807, 2.05) is 0 Å². The van der Waals surface area contributed by atoms with E-state index in [-0.39, 0.29) is 0 Å². The van der Waals surface area contributed by atoms with Crippen molar-refractivity contribution in [2.45, 2.75) is 17.6 Å². The molecule has 0 spiro atoms. The highest BCUT2D eigenvalue weighted by Crippen LogP contribution is 2.37. The molecular weight excluding hydrogens is 230 g/mol. The second-order valence-corrected chi connectivity index (χ2v) is 3.41. The molecule has 10 heteroatoms. The first-order chi connectivity index (χ1) is 5.37. The molecule has 0 aromatic carbocycles. The molecule has 0 atom stereocenters. The van der Waals surface area contributed by atoms with E-state index in [1.54, 1.807) is 0 Å². The van der Waals surface area contributed by atoms with Crippen LogP contribution in [0.4, 0.5) is 26.3 Å². The zero-order chi connectivity index (χ0) is 11.1. The Balaban J connectivity index is 5.28. The van der Waals surface area contributed by atoms with Gasteiger partial charge in [0.15, 0.2) is 0 Å². The van der Waals surface area contributed by atoms with Gasteiger partial charge in [-0.3, -0.25) is 0 Å². The lowest BCUT2D eigenvalue weighted by Crippen LogP contribution is -2.47. The van der Waals surface area contributed by atoms with Gasteiger partial charge in [-0.1, -0.05) is 4.55 Å². The summed E-state index contributed by atoms with van der Waals surface area (Å²) in [7, 11) is -6.48. The summed E-state index contributed by atoms with van der Waals surface area (Å²) in [6, 6.07) is 0. The highest BCUT2D eigenvalue weighted by molar-refractivity contribution is 7.86. The summed E-state index contributed by atoms with van der Waals surface area (Å²) in [6.45, 7) is 0. The van der Waals surface area contributed by atoms with E-state index < -0.39 is 27.7 Å². The minimum absolute atomic E-state index is 4.85. The first-order valence-corrected chi connectivity index (χ1v) is 3.92. The second kappa shape index (κ2) is 3.01. The lowest BCUT2D eigenvalue weighted by Gasteiger charge is -2.18. The van der Waals surface area contributed by atoms with Crippen molar-refractivity contribution in [3.05, 3.63) is 0 Å². The topological polar surface area (TPSA) is 54.0 Å². The Labute approximate surface area is 68.1 Å². The van der Waals surface area contributed by atoms with Crippen LogP contribution >= 0.6 is 0 Å². The van der Waals surface area contributed by atoms with Gasteiger partial charge in [-0.25, -0.2) is 0 Å². The average molecular weight is 231 g/mol. The Bertz CT molecular complexity index is 258. The van der Waals surface area contributed by atoms with Crippen LogP contribution in [0.5, 0.6) is 0 Å². The van der Waals surface area contributed by atoms with Crippen molar-refractivity contribution in [3.8, 4) is 0 Å². The van der Waals surface area contributed by atoms with Crippen molar-refractivity contribution < 1.29 is 39.3 Å². The molecule has 0 saturated carbocycles. The fraction of sp³-hybridized carbons (Fsp3) is 1.00. The smallest absolute Gasteiger partial charge is 0.196 e. The molecule has 13 heavy (non-hydrogen) atoms. The normalized spacial score (nSPS) is 15.1. The maximum absolute atomic E-state index is 11.4. The first-order valence-electron chi connectivity index (χ1n) is 2.45. The van der Waals surface area contributed by atoms with Crippen molar-refractivity contribution in [1.29, 1.82) is 0 Å². The maximum atomic E-state index is 11.4. The van der Waals surface area contributed by atoms with Gasteiger partial charge in [-0.05, 0) is 0 Å². The molecule has 0 saturated heterocycles. The van der Waals surface area contributed by atoms with Gasteiger partial charge in [0.1, 0.15) is 0 Å². The molecule has 1 radical (unpaired) electrons. The Morgan fingerprint density at radius 3 is 1.08 bits per heavy atom. The highest BCUT2D eigenvalue weighted by Gasteiger charge is 2.64. The summed E-state index contributed by atoms with van der Waals surface area (Å²) >= 11 is 0. The Hall–Kier alpha value is -0.510. The van der Waals surface area contributed by atoms with E-state index in [2.05, 4.69) is 0 Å². The third kappa shape index (κ3) is 3.38. The Morgan fingerprint density at radius 2 is 1.08 bits per heavy atom. The quantitative estimate of drug-likeness (QED) is 0.637. The van der Waals surface area contributed by atoms with Gasteiger partial charge in [0, 0.05) is 0 Å². The van der Waals surface area contributed by atoms with E-state index in [0.717, 1.165) is 0 Å². The number of hydrogen-bond acceptors (Lipinski definition) is 2. The van der Waals surface area contributed by atoms with Gasteiger partial charge in [0.05, 0.1) is 0 Å². The van der Waals surface area contributed by atoms with Crippen LogP contribution < -0.4 is 0 Å². The van der Waals surface area contributed by atoms with Crippen LogP contribution in [0.1, 0.15) is 0 Å². The van der Waals surface area contributed by atoms with Gasteiger partial charge in [-0.15, -0.1) is 0 Å². The lowest BCUT2D eigenvalue weighted by atomic mass is 10.4. The molecule has 0 aromatic rings. The fourth-order valence-corrected chi connectivity index (χ4v) is 1.17. The third-order valence-corrected chi connectivity index (χ3v) is 2.00. The minimum atomic E-state index is -6.48. The zero-order valence-electron chi connectivity index (χ0n) is 5.48. The van der Waals surface area contributed by atoms with Crippen LogP contribution in [0, 0.1) is 0 Å². The van der Waals surface area contributed by atoms with E-state index in [9.17, 15) is 39.3 Å². The number of rotatable bonds is 1. The van der Waals surface area contributed by atoms with Crippen LogP contribution in [-0.4, -0.2) is 26.0 Å². The molecule has 79 valence electrons. The van der Waals surface area contributed by atoms with Crippen molar-refractivity contribution in [3.63, 3.8) is 0 Å². The molecule has 0 rings (SSSR count). The largest absolute Gasteiger partial charge is 0.416 e. The second-order valence-electron chi connectivity index (χ2n) is 1.96. The molecule has 0 unspecified atom stereocenters. The molecule has 0 bridgehead atoms. The van der Waals surface area contributed by atoms with E-state index in [0.29, 0.717) is 0 Å². The first kappa shape index (κ1) is 12.5. The average Bonchev–Trinajstić information content (AvgIpc) is 1.44. The zero-order valence-corrected chi connectivity index (χ0v) is 6.29. The summed E-state index contributed by atoms with van der Waals surface area (Å²) in [5.41, 5.74) is 0. The molecule has 3 nitrogen and oxygen atoms in total. The van der Waals surface area contributed by atoms with E-state index in [1.165, 1.54) is 0 Å². The SMILES string of the molecule is [O]S(=O)(=O)C(C(F)(F)F)C(F)(F)F. The maximum Gasteiger partial charge on any atom is 0.416 e. The summed E-state index contributed by atoms with van der Waals surface area (Å²) in [4.78, 5) is 0. The standard InChI is InChI=1S/C3HF6O3S/c4-2(5,6)1(3(7,8)9)13(10,11)12/h1H. The summed E-state index contributed by atoms with van der Waals surface area (Å²) in [5, 5.41) is -4.85. The summed E-state index contributed by atoms with van der Waals surface area (Å²) < 4.78 is 97.4. The third-order valence-electron chi connectivity index (χ3n) is 0.883. The van der Waals surface area contributed by atoms with Crippen LogP contribution in [0.2, 0.25) is 0 Å². The minimum Gasteiger partial charge on any atom is -0.196 e. The van der Waals surface area contributed by atoms with Gasteiger partial charge < -0.3 is 0 Å². The van der Waals surface area contributed by atoms with Crippen molar-refractivity contribution >= 4 is 10.1 Å². The predicted octanol–water partition coefficient (Wildman–Crippen LogP) is 1.24. The Morgan fingerprint density at radius 1 is 0.846 bits per heavy atom. The van der Waals surface area contributed by atoms with Gasteiger partial charge >= 0.3 is 22.5 Å². The fourth-order valence-electron chi connectivity index (χ4n) is 0.513. The van der Waals surface area contributed by atoms with Crippen molar-refractivity contribution in [2.24, 2.45) is 0 Å². The molecule has 0 aromatic heterocycles. The van der Waals surface area contributed by atoms with Crippen molar-refractivity contribution in [2.75, 3.05) is 0 Å². The molecule has 0 aliphatic carbocycles. The van der Waals surface area contributed by atoms with Crippen LogP contribution in [0.25, 0.3) is 0 Å². The number of alkyl halides is 6. The van der Waals surface area contributed by atoms with Crippen LogP contribution in [-0.2, 0) is 14.7 Å². The van der Waals surface area contributed by atoms with Gasteiger partial charge in [0.2, 0.25) is 0 Å². The predicted molar refractivity (Wildman–Crippen MR) is 25.5 cm³/mol.